The maximum absolute atomic E-state index is 10.6. The van der Waals surface area contributed by atoms with Crippen LogP contribution < -0.4 is 0 Å². The first-order valence-corrected chi connectivity index (χ1v) is 4.70. The highest BCUT2D eigenvalue weighted by Gasteiger charge is 2.09. The fourth-order valence-corrected chi connectivity index (χ4v) is 1.16. The van der Waals surface area contributed by atoms with E-state index in [4.69, 9.17) is 0 Å². The zero-order valence-electron chi connectivity index (χ0n) is 5.96. The molecule has 0 saturated carbocycles. The minimum absolute atomic E-state index is 0.132. The van der Waals surface area contributed by atoms with Crippen LogP contribution in [-0.2, 0) is 19.4 Å². The first kappa shape index (κ1) is 9.58. The van der Waals surface area contributed by atoms with Crippen LogP contribution in [0.4, 0.5) is 0 Å². The molecule has 0 aromatic carbocycles. The predicted octanol–water partition coefficient (Wildman–Crippen LogP) is -0.753. The van der Waals surface area contributed by atoms with Gasteiger partial charge < -0.3 is 4.74 Å². The molecule has 0 heterocycles. The Balaban J connectivity index is 3.82. The van der Waals surface area contributed by atoms with Crippen LogP contribution in [0.5, 0.6) is 0 Å². The van der Waals surface area contributed by atoms with Crippen molar-refractivity contribution < 1.29 is 17.9 Å². The number of carbonyl (C=O) groups is 1. The van der Waals surface area contributed by atoms with Gasteiger partial charge in [0.25, 0.3) is 0 Å². The van der Waals surface area contributed by atoms with Gasteiger partial charge in [0, 0.05) is 13.4 Å². The van der Waals surface area contributed by atoms with E-state index in [2.05, 4.69) is 4.74 Å². The molecule has 0 amide bonds. The highest BCUT2D eigenvalue weighted by molar-refractivity contribution is 7.91. The lowest BCUT2D eigenvalue weighted by molar-refractivity contribution is -0.120. The maximum atomic E-state index is 10.6. The molecular formula is C5H10O4S. The average Bonchev–Trinajstić information content (AvgIpc) is 1.59. The third kappa shape index (κ3) is 5.71. The second kappa shape index (κ2) is 3.68. The second-order valence-corrected chi connectivity index (χ2v) is 4.18. The van der Waals surface area contributed by atoms with E-state index in [1.54, 1.807) is 0 Å². The molecule has 0 aliphatic rings. The first-order chi connectivity index (χ1) is 4.45. The Labute approximate surface area is 60.1 Å². The second-order valence-electron chi connectivity index (χ2n) is 2.04. The predicted molar refractivity (Wildman–Crippen MR) is 36.6 cm³/mol. The minimum atomic E-state index is -3.18. The molecular weight excluding hydrogens is 156 g/mol. The highest BCUT2D eigenvalue weighted by Crippen LogP contribution is 1.84. The molecule has 0 aromatic rings. The maximum Gasteiger partial charge on any atom is 0.173 e. The average molecular weight is 166 g/mol. The molecule has 0 aliphatic carbocycles. The molecule has 0 aromatic heterocycles. The summed E-state index contributed by atoms with van der Waals surface area (Å²) in [7, 11) is -1.83. The van der Waals surface area contributed by atoms with Gasteiger partial charge in [-0.05, 0) is 0 Å². The summed E-state index contributed by atoms with van der Waals surface area (Å²) in [5.41, 5.74) is 0. The van der Waals surface area contributed by atoms with Gasteiger partial charge in [-0.1, -0.05) is 0 Å². The normalized spacial score (nSPS) is 11.4. The molecule has 0 rings (SSSR count). The van der Waals surface area contributed by atoms with Gasteiger partial charge in [-0.25, -0.2) is 8.42 Å². The summed E-state index contributed by atoms with van der Waals surface area (Å²) in [4.78, 5) is 10.6. The van der Waals surface area contributed by atoms with Crippen molar-refractivity contribution in [2.45, 2.75) is 0 Å². The van der Waals surface area contributed by atoms with Gasteiger partial charge in [0.15, 0.2) is 15.6 Å². The molecule has 4 nitrogen and oxygen atoms in total. The monoisotopic (exact) mass is 166 g/mol. The van der Waals surface area contributed by atoms with Crippen LogP contribution >= 0.6 is 0 Å². The van der Waals surface area contributed by atoms with Gasteiger partial charge in [0.05, 0.1) is 0 Å². The summed E-state index contributed by atoms with van der Waals surface area (Å²) in [5, 5.41) is 0. The SMILES string of the molecule is COCC(=O)CS(C)(=O)=O. The standard InChI is InChI=1S/C5H10O4S/c1-9-3-5(6)4-10(2,7)8/h3-4H2,1-2H3. The van der Waals surface area contributed by atoms with Crippen LogP contribution in [0.25, 0.3) is 0 Å². The van der Waals surface area contributed by atoms with Crippen LogP contribution in [0.1, 0.15) is 0 Å². The number of ether oxygens (including phenoxy) is 1. The van der Waals surface area contributed by atoms with Crippen molar-refractivity contribution in [2.75, 3.05) is 25.7 Å². The van der Waals surface area contributed by atoms with E-state index in [1.807, 2.05) is 0 Å². The quantitative estimate of drug-likeness (QED) is 0.551. The van der Waals surface area contributed by atoms with Crippen LogP contribution in [-0.4, -0.2) is 39.9 Å². The summed E-state index contributed by atoms with van der Waals surface area (Å²) in [6.07, 6.45) is 1.01. The Morgan fingerprint density at radius 3 is 2.30 bits per heavy atom. The van der Waals surface area contributed by atoms with Crippen molar-refractivity contribution in [3.05, 3.63) is 0 Å². The number of ketones is 1. The van der Waals surface area contributed by atoms with Gasteiger partial charge in [-0.2, -0.15) is 0 Å². The topological polar surface area (TPSA) is 60.4 Å². The van der Waals surface area contributed by atoms with Crippen molar-refractivity contribution in [1.82, 2.24) is 0 Å². The molecule has 0 bridgehead atoms. The van der Waals surface area contributed by atoms with Crippen LogP contribution in [0.2, 0.25) is 0 Å². The Morgan fingerprint density at radius 2 is 2.00 bits per heavy atom. The fraction of sp³-hybridized carbons (Fsp3) is 0.800. The molecule has 0 fully saturated rings. The molecule has 5 heteroatoms. The highest BCUT2D eigenvalue weighted by atomic mass is 32.2. The lowest BCUT2D eigenvalue weighted by Gasteiger charge is -1.95. The number of hydrogen-bond acceptors (Lipinski definition) is 4. The largest absolute Gasteiger partial charge is 0.377 e. The lowest BCUT2D eigenvalue weighted by Crippen LogP contribution is -2.18. The molecule has 60 valence electrons. The van der Waals surface area contributed by atoms with Crippen molar-refractivity contribution in [3.8, 4) is 0 Å². The Bertz CT molecular complexity index is 204. The van der Waals surface area contributed by atoms with E-state index in [0.29, 0.717) is 0 Å². The van der Waals surface area contributed by atoms with Crippen LogP contribution in [0.3, 0.4) is 0 Å². The van der Waals surface area contributed by atoms with E-state index in [-0.39, 0.29) is 6.61 Å². The van der Waals surface area contributed by atoms with E-state index in [9.17, 15) is 13.2 Å². The minimum Gasteiger partial charge on any atom is -0.377 e. The number of Topliss-reactive ketones (excluding diaryl/α,β-unsaturated/α-hetero) is 1. The van der Waals surface area contributed by atoms with Gasteiger partial charge in [0.1, 0.15) is 12.4 Å². The zero-order chi connectivity index (χ0) is 8.20. The van der Waals surface area contributed by atoms with Crippen LogP contribution in [0.15, 0.2) is 0 Å². The Morgan fingerprint density at radius 1 is 1.50 bits per heavy atom. The summed E-state index contributed by atoms with van der Waals surface area (Å²) < 4.78 is 25.3. The van der Waals surface area contributed by atoms with Gasteiger partial charge in [-0.3, -0.25) is 4.79 Å². The smallest absolute Gasteiger partial charge is 0.173 e. The number of carbonyl (C=O) groups excluding carboxylic acids is 1. The van der Waals surface area contributed by atoms with Gasteiger partial charge in [0.2, 0.25) is 0 Å². The number of rotatable bonds is 4. The van der Waals surface area contributed by atoms with E-state index in [0.717, 1.165) is 6.26 Å². The van der Waals surface area contributed by atoms with Crippen molar-refractivity contribution in [3.63, 3.8) is 0 Å². The number of sulfone groups is 1. The molecule has 0 unspecified atom stereocenters. The van der Waals surface area contributed by atoms with Crippen molar-refractivity contribution in [1.29, 1.82) is 0 Å². The molecule has 0 N–H and O–H groups in total. The molecule has 0 radical (unpaired) electrons. The van der Waals surface area contributed by atoms with E-state index in [1.165, 1.54) is 7.11 Å². The van der Waals surface area contributed by atoms with E-state index >= 15 is 0 Å². The summed E-state index contributed by atoms with van der Waals surface area (Å²) in [5.74, 6) is -0.842. The van der Waals surface area contributed by atoms with Gasteiger partial charge in [-0.15, -0.1) is 0 Å². The lowest BCUT2D eigenvalue weighted by atomic mass is 10.5. The molecule has 0 aliphatic heterocycles. The first-order valence-electron chi connectivity index (χ1n) is 2.64. The fourth-order valence-electron chi connectivity index (χ4n) is 0.495. The molecule has 0 spiro atoms. The summed E-state index contributed by atoms with van der Waals surface area (Å²) in [6, 6.07) is 0. The molecule has 0 atom stereocenters. The molecule has 0 saturated heterocycles. The zero-order valence-corrected chi connectivity index (χ0v) is 6.77. The molecule has 10 heavy (non-hydrogen) atoms. The summed E-state index contributed by atoms with van der Waals surface area (Å²) >= 11 is 0. The van der Waals surface area contributed by atoms with Crippen LogP contribution in [0, 0.1) is 0 Å². The van der Waals surface area contributed by atoms with Crippen molar-refractivity contribution in [2.24, 2.45) is 0 Å². The number of hydrogen-bond donors (Lipinski definition) is 0. The number of methoxy groups -OCH3 is 1. The summed E-state index contributed by atoms with van der Waals surface area (Å²) in [6.45, 7) is -0.132. The Hall–Kier alpha value is -0.420. The van der Waals surface area contributed by atoms with E-state index < -0.39 is 21.4 Å². The Kier molecular flexibility index (Phi) is 3.52. The third-order valence-electron chi connectivity index (χ3n) is 0.729. The van der Waals surface area contributed by atoms with Gasteiger partial charge >= 0.3 is 0 Å². The van der Waals surface area contributed by atoms with Crippen molar-refractivity contribution >= 4 is 15.6 Å². The third-order valence-corrected chi connectivity index (χ3v) is 1.57.